The van der Waals surface area contributed by atoms with Crippen LogP contribution in [0.4, 0.5) is 0 Å². The zero-order valence-corrected chi connectivity index (χ0v) is 10.8. The number of nitrogens with one attached hydrogen (secondary N) is 2. The summed E-state index contributed by atoms with van der Waals surface area (Å²) in [4.78, 5) is 6.85. The number of allylic oxidation sites excluding steroid dienone is 2. The quantitative estimate of drug-likeness (QED) is 0.739. The van der Waals surface area contributed by atoms with Crippen LogP contribution < -0.4 is 10.6 Å². The summed E-state index contributed by atoms with van der Waals surface area (Å²) >= 11 is 0. The molecule has 1 aliphatic rings. The zero-order valence-electron chi connectivity index (χ0n) is 10.8. The lowest BCUT2D eigenvalue weighted by Gasteiger charge is -2.21. The Bertz CT molecular complexity index is 271. The van der Waals surface area contributed by atoms with Crippen molar-refractivity contribution in [1.29, 1.82) is 0 Å². The van der Waals surface area contributed by atoms with Gasteiger partial charge in [0.2, 0.25) is 0 Å². The molecule has 17 heavy (non-hydrogen) atoms. The molecule has 0 aromatic carbocycles. The van der Waals surface area contributed by atoms with Gasteiger partial charge in [0.05, 0.1) is 5.70 Å². The number of rotatable bonds is 2. The zero-order chi connectivity index (χ0) is 12.3. The average Bonchev–Trinajstić information content (AvgIpc) is 2.33. The summed E-state index contributed by atoms with van der Waals surface area (Å²) in [6.07, 6.45) is 5.66. The van der Waals surface area contributed by atoms with E-state index in [1.807, 2.05) is 12.3 Å². The molecule has 0 atom stereocenters. The summed E-state index contributed by atoms with van der Waals surface area (Å²) < 4.78 is 0. The Morgan fingerprint density at radius 2 is 2.18 bits per heavy atom. The minimum Gasteiger partial charge on any atom is -0.310 e. The molecule has 0 aliphatic carbocycles. The topological polar surface area (TPSA) is 39.7 Å². The molecule has 0 aromatic heterocycles. The predicted octanol–water partition coefficient (Wildman–Crippen LogP) is 0.642. The van der Waals surface area contributed by atoms with Crippen molar-refractivity contribution in [2.45, 2.75) is 6.92 Å². The molecule has 1 heterocycles. The maximum atomic E-state index is 4.41. The van der Waals surface area contributed by atoms with Gasteiger partial charge < -0.3 is 15.5 Å². The van der Waals surface area contributed by atoms with Crippen molar-refractivity contribution in [3.05, 3.63) is 24.4 Å². The summed E-state index contributed by atoms with van der Waals surface area (Å²) in [5.74, 6) is 0. The lowest BCUT2D eigenvalue weighted by Crippen LogP contribution is -2.38. The minimum absolute atomic E-state index is 0.806. The van der Waals surface area contributed by atoms with E-state index in [4.69, 9.17) is 0 Å². The largest absolute Gasteiger partial charge is 0.310 e. The molecule has 1 rings (SSSR count). The lowest BCUT2D eigenvalue weighted by atomic mass is 10.3. The Labute approximate surface area is 104 Å². The lowest BCUT2D eigenvalue weighted by molar-refractivity contribution is 0.289. The van der Waals surface area contributed by atoms with Gasteiger partial charge in [0.15, 0.2) is 0 Å². The first kappa shape index (κ1) is 14.1. The fourth-order valence-electron chi connectivity index (χ4n) is 1.73. The van der Waals surface area contributed by atoms with Gasteiger partial charge >= 0.3 is 0 Å². The molecule has 0 saturated carbocycles. The fraction of sp³-hybridized carbons (Fsp3) is 0.615. The molecule has 4 heteroatoms. The molecule has 4 nitrogen and oxygen atoms in total. The van der Waals surface area contributed by atoms with Gasteiger partial charge in [-0.05, 0) is 12.6 Å². The number of hydrogen-bond acceptors (Lipinski definition) is 4. The van der Waals surface area contributed by atoms with E-state index in [0.29, 0.717) is 0 Å². The first-order valence-electron chi connectivity index (χ1n) is 6.34. The highest BCUT2D eigenvalue weighted by Crippen LogP contribution is 1.95. The van der Waals surface area contributed by atoms with Gasteiger partial charge in [-0.2, -0.15) is 0 Å². The van der Waals surface area contributed by atoms with Crippen LogP contribution in [0.3, 0.4) is 0 Å². The van der Waals surface area contributed by atoms with Crippen molar-refractivity contribution in [1.82, 2.24) is 15.5 Å². The van der Waals surface area contributed by atoms with Crippen LogP contribution in [-0.2, 0) is 0 Å². The normalized spacial score (nSPS) is 24.9. The first-order valence-corrected chi connectivity index (χ1v) is 6.34. The number of aliphatic imine (C=N–C) groups is 1. The van der Waals surface area contributed by atoms with E-state index in [-0.39, 0.29) is 0 Å². The molecule has 0 fully saturated rings. The van der Waals surface area contributed by atoms with E-state index in [9.17, 15) is 0 Å². The Morgan fingerprint density at radius 3 is 2.88 bits per heavy atom. The SMILES string of the molecule is C=C/C=C1CNCCN(CC)CCNC/C=N/1. The first-order chi connectivity index (χ1) is 8.36. The van der Waals surface area contributed by atoms with Gasteiger partial charge in [0.1, 0.15) is 0 Å². The van der Waals surface area contributed by atoms with Gasteiger partial charge in [0.25, 0.3) is 0 Å². The molecule has 0 bridgehead atoms. The third-order valence-electron chi connectivity index (χ3n) is 2.77. The third-order valence-corrected chi connectivity index (χ3v) is 2.77. The standard InChI is InChI=1S/C13H24N4/c1-3-5-13-12-15-9-11-17(4-2)10-8-14-6-7-16-13/h3,5,7,14-15H,1,4,6,8-12H2,2H3/b13-5-,16-7+. The molecule has 2 N–H and O–H groups in total. The Hall–Kier alpha value is -0.970. The van der Waals surface area contributed by atoms with Crippen LogP contribution in [0.25, 0.3) is 0 Å². The summed E-state index contributed by atoms with van der Waals surface area (Å²) in [6.45, 7) is 12.8. The molecule has 0 saturated heterocycles. The molecule has 0 aromatic rings. The van der Waals surface area contributed by atoms with Crippen LogP contribution in [-0.4, -0.2) is 56.9 Å². The molecule has 96 valence electrons. The molecule has 0 unspecified atom stereocenters. The molecule has 0 amide bonds. The summed E-state index contributed by atoms with van der Waals surface area (Å²) in [5.41, 5.74) is 1.03. The van der Waals surface area contributed by atoms with Crippen LogP contribution in [0, 0.1) is 0 Å². The monoisotopic (exact) mass is 236 g/mol. The highest BCUT2D eigenvalue weighted by molar-refractivity contribution is 5.61. The predicted molar refractivity (Wildman–Crippen MR) is 74.6 cm³/mol. The van der Waals surface area contributed by atoms with Gasteiger partial charge in [-0.15, -0.1) is 0 Å². The van der Waals surface area contributed by atoms with E-state index < -0.39 is 0 Å². The highest BCUT2D eigenvalue weighted by atomic mass is 15.1. The number of likely N-dealkylation sites (N-methyl/N-ethyl adjacent to an activating group) is 1. The van der Waals surface area contributed by atoms with Crippen molar-refractivity contribution < 1.29 is 0 Å². The smallest absolute Gasteiger partial charge is 0.0538 e. The number of hydrogen-bond donors (Lipinski definition) is 2. The van der Waals surface area contributed by atoms with Crippen molar-refractivity contribution >= 4 is 6.21 Å². The van der Waals surface area contributed by atoms with Crippen LogP contribution in [0.5, 0.6) is 0 Å². The van der Waals surface area contributed by atoms with Crippen molar-refractivity contribution in [2.75, 3.05) is 45.8 Å². The van der Waals surface area contributed by atoms with Crippen LogP contribution >= 0.6 is 0 Å². The van der Waals surface area contributed by atoms with Crippen LogP contribution in [0.1, 0.15) is 6.92 Å². The Morgan fingerprint density at radius 1 is 1.41 bits per heavy atom. The van der Waals surface area contributed by atoms with E-state index >= 15 is 0 Å². The second-order valence-electron chi connectivity index (χ2n) is 4.02. The maximum Gasteiger partial charge on any atom is 0.0538 e. The van der Waals surface area contributed by atoms with Crippen LogP contribution in [0.15, 0.2) is 29.4 Å². The van der Waals surface area contributed by atoms with Gasteiger partial charge in [-0.1, -0.05) is 19.6 Å². The van der Waals surface area contributed by atoms with Crippen molar-refractivity contribution in [3.8, 4) is 0 Å². The van der Waals surface area contributed by atoms with E-state index in [2.05, 4.69) is 34.0 Å². The van der Waals surface area contributed by atoms with Crippen molar-refractivity contribution in [3.63, 3.8) is 0 Å². The van der Waals surface area contributed by atoms with Crippen molar-refractivity contribution in [2.24, 2.45) is 4.99 Å². The fourth-order valence-corrected chi connectivity index (χ4v) is 1.73. The van der Waals surface area contributed by atoms with E-state index in [1.165, 1.54) is 0 Å². The second kappa shape index (κ2) is 9.10. The number of nitrogens with zero attached hydrogens (tertiary/aromatic N) is 2. The van der Waals surface area contributed by atoms with Gasteiger partial charge in [-0.3, -0.25) is 4.99 Å². The van der Waals surface area contributed by atoms with E-state index in [0.717, 1.165) is 51.5 Å². The molecule has 1 aliphatic heterocycles. The molecule has 0 spiro atoms. The Balaban J connectivity index is 2.50. The molecular weight excluding hydrogens is 212 g/mol. The van der Waals surface area contributed by atoms with Gasteiger partial charge in [0, 0.05) is 45.5 Å². The highest BCUT2D eigenvalue weighted by Gasteiger charge is 2.02. The average molecular weight is 236 g/mol. The second-order valence-corrected chi connectivity index (χ2v) is 4.02. The molecular formula is C13H24N4. The summed E-state index contributed by atoms with van der Waals surface area (Å²) in [7, 11) is 0. The minimum atomic E-state index is 0.806. The Kier molecular flexibility index (Phi) is 7.54. The third kappa shape index (κ3) is 6.36. The van der Waals surface area contributed by atoms with Gasteiger partial charge in [-0.25, -0.2) is 0 Å². The summed E-state index contributed by atoms with van der Waals surface area (Å²) in [5, 5.41) is 6.78. The molecule has 0 radical (unpaired) electrons. The summed E-state index contributed by atoms with van der Waals surface area (Å²) in [6, 6.07) is 0. The maximum absolute atomic E-state index is 4.41. The van der Waals surface area contributed by atoms with E-state index in [1.54, 1.807) is 6.08 Å². The van der Waals surface area contributed by atoms with Crippen LogP contribution in [0.2, 0.25) is 0 Å².